The molecule has 0 aliphatic carbocycles. The second kappa shape index (κ2) is 10.9. The molecule has 0 heterocycles. The number of hydrogen-bond donors (Lipinski definition) is 0. The van der Waals surface area contributed by atoms with Crippen LogP contribution in [0.5, 0.6) is 0 Å². The normalized spacial score (nSPS) is 13.4. The van der Waals surface area contributed by atoms with E-state index in [1.807, 2.05) is 30.3 Å². The summed E-state index contributed by atoms with van der Waals surface area (Å²) in [6.45, 7) is 2.09. The van der Waals surface area contributed by atoms with Crippen molar-refractivity contribution in [3.8, 4) is 6.07 Å². The highest BCUT2D eigenvalue weighted by atomic mass is 35.5. The summed E-state index contributed by atoms with van der Waals surface area (Å²) < 4.78 is 11.8. The summed E-state index contributed by atoms with van der Waals surface area (Å²) in [5, 5.41) is 12.0. The zero-order chi connectivity index (χ0) is 23.1. The van der Waals surface area contributed by atoms with E-state index in [2.05, 4.69) is 6.07 Å². The standard InChI is InChI=1S/C24H18Cl2NO3PS/c1-2-29-31(32,21-6-4-3-5-7-21)22(16-27)23(17-8-12-19(25)13-9-17)30-24(28)18-10-14-20(26)15-11-18/h3-15H,2H2,1H3. The van der Waals surface area contributed by atoms with Crippen molar-refractivity contribution in [2.45, 2.75) is 6.92 Å². The fourth-order valence-corrected chi connectivity index (χ4v) is 6.25. The smallest absolute Gasteiger partial charge is 0.343 e. The molecule has 0 amide bonds. The Kier molecular flexibility index (Phi) is 8.26. The predicted molar refractivity (Wildman–Crippen MR) is 133 cm³/mol. The average molecular weight is 502 g/mol. The molecular formula is C24H18Cl2NO3PS. The van der Waals surface area contributed by atoms with Crippen molar-refractivity contribution in [2.24, 2.45) is 0 Å². The molecular weight excluding hydrogens is 484 g/mol. The van der Waals surface area contributed by atoms with Crippen molar-refractivity contribution in [2.75, 3.05) is 6.61 Å². The van der Waals surface area contributed by atoms with Crippen LogP contribution in [-0.2, 0) is 21.1 Å². The number of nitrogens with zero attached hydrogens (tertiary/aromatic N) is 1. The first-order chi connectivity index (χ1) is 15.4. The summed E-state index contributed by atoms with van der Waals surface area (Å²) in [5.41, 5.74) is 0.765. The second-order valence-corrected chi connectivity index (χ2v) is 11.2. The number of carbonyl (C=O) groups excluding carboxylic acids is 1. The van der Waals surface area contributed by atoms with Crippen LogP contribution in [0.2, 0.25) is 10.0 Å². The Morgan fingerprint density at radius 3 is 1.97 bits per heavy atom. The van der Waals surface area contributed by atoms with Gasteiger partial charge in [0.1, 0.15) is 17.6 Å². The molecule has 0 radical (unpaired) electrons. The second-order valence-electron chi connectivity index (χ2n) is 6.50. The van der Waals surface area contributed by atoms with Gasteiger partial charge in [0.2, 0.25) is 0 Å². The van der Waals surface area contributed by atoms with Crippen LogP contribution in [0.15, 0.2) is 84.2 Å². The molecule has 1 atom stereocenters. The van der Waals surface area contributed by atoms with Crippen molar-refractivity contribution < 1.29 is 14.1 Å². The summed E-state index contributed by atoms with van der Waals surface area (Å²) in [4.78, 5) is 13.0. The number of carbonyl (C=O) groups is 1. The number of ether oxygens (including phenoxy) is 1. The number of nitriles is 1. The average Bonchev–Trinajstić information content (AvgIpc) is 2.80. The highest BCUT2D eigenvalue weighted by Crippen LogP contribution is 2.56. The van der Waals surface area contributed by atoms with Crippen LogP contribution in [-0.4, -0.2) is 12.6 Å². The van der Waals surface area contributed by atoms with Crippen molar-refractivity contribution in [3.63, 3.8) is 0 Å². The van der Waals surface area contributed by atoms with Crippen LogP contribution in [0.25, 0.3) is 5.76 Å². The van der Waals surface area contributed by atoms with Crippen LogP contribution in [0.4, 0.5) is 0 Å². The fourth-order valence-electron chi connectivity index (χ4n) is 2.91. The third-order valence-electron chi connectivity index (χ3n) is 4.40. The van der Waals surface area contributed by atoms with Crippen LogP contribution in [0, 0.1) is 11.3 Å². The largest absolute Gasteiger partial charge is 0.421 e. The Labute approximate surface area is 202 Å². The van der Waals surface area contributed by atoms with Crippen LogP contribution < -0.4 is 5.30 Å². The van der Waals surface area contributed by atoms with Gasteiger partial charge in [0.25, 0.3) is 0 Å². The molecule has 1 unspecified atom stereocenters. The molecule has 0 aliphatic rings. The summed E-state index contributed by atoms with van der Waals surface area (Å²) in [6, 6.07) is 24.2. The minimum atomic E-state index is -3.05. The molecule has 0 saturated carbocycles. The summed E-state index contributed by atoms with van der Waals surface area (Å²) >= 11 is 17.9. The van der Waals surface area contributed by atoms with Gasteiger partial charge in [-0.15, -0.1) is 0 Å². The van der Waals surface area contributed by atoms with Crippen molar-refractivity contribution in [1.29, 1.82) is 5.26 Å². The zero-order valence-corrected chi connectivity index (χ0v) is 20.2. The van der Waals surface area contributed by atoms with Gasteiger partial charge in [-0.2, -0.15) is 5.26 Å². The minimum Gasteiger partial charge on any atom is -0.421 e. The van der Waals surface area contributed by atoms with E-state index < -0.39 is 12.2 Å². The quantitative estimate of drug-likeness (QED) is 0.154. The van der Waals surface area contributed by atoms with E-state index in [0.29, 0.717) is 20.9 Å². The van der Waals surface area contributed by atoms with Gasteiger partial charge in [-0.25, -0.2) is 4.79 Å². The van der Waals surface area contributed by atoms with E-state index in [4.69, 9.17) is 44.3 Å². The molecule has 0 bridgehead atoms. The summed E-state index contributed by atoms with van der Waals surface area (Å²) in [7, 11) is 0. The van der Waals surface area contributed by atoms with Gasteiger partial charge in [0, 0.05) is 27.5 Å². The third kappa shape index (κ3) is 5.48. The molecule has 0 fully saturated rings. The number of esters is 1. The highest BCUT2D eigenvalue weighted by Gasteiger charge is 2.32. The molecule has 0 spiro atoms. The van der Waals surface area contributed by atoms with Crippen LogP contribution >= 0.6 is 29.5 Å². The molecule has 32 heavy (non-hydrogen) atoms. The molecule has 8 heteroatoms. The molecule has 3 aromatic carbocycles. The topological polar surface area (TPSA) is 59.3 Å². The lowest BCUT2D eigenvalue weighted by molar-refractivity contribution is 0.0691. The SMILES string of the molecule is CCOP(=S)(C(C#N)=C(OC(=O)c1ccc(Cl)cc1)c1ccc(Cl)cc1)c1ccccc1. The lowest BCUT2D eigenvalue weighted by Gasteiger charge is -2.24. The van der Waals surface area contributed by atoms with Crippen molar-refractivity contribution >= 4 is 58.3 Å². The number of hydrogen-bond acceptors (Lipinski definition) is 5. The maximum absolute atomic E-state index is 13.0. The van der Waals surface area contributed by atoms with E-state index in [9.17, 15) is 10.1 Å². The minimum absolute atomic E-state index is 0.0461. The Hall–Kier alpha value is -2.45. The number of halogens is 2. The van der Waals surface area contributed by atoms with Gasteiger partial charge in [-0.3, -0.25) is 0 Å². The molecule has 0 aromatic heterocycles. The molecule has 4 nitrogen and oxygen atoms in total. The third-order valence-corrected chi connectivity index (χ3v) is 8.90. The van der Waals surface area contributed by atoms with Gasteiger partial charge in [-0.05, 0) is 55.5 Å². The molecule has 3 rings (SSSR count). The first-order valence-electron chi connectivity index (χ1n) is 9.58. The van der Waals surface area contributed by atoms with Crippen LogP contribution in [0.1, 0.15) is 22.8 Å². The first kappa shape index (κ1) is 24.2. The predicted octanol–water partition coefficient (Wildman–Crippen LogP) is 6.80. The molecule has 0 N–H and O–H groups in total. The maximum Gasteiger partial charge on any atom is 0.343 e. The van der Waals surface area contributed by atoms with E-state index in [-0.39, 0.29) is 23.2 Å². The van der Waals surface area contributed by atoms with E-state index in [0.717, 1.165) is 0 Å². The van der Waals surface area contributed by atoms with Gasteiger partial charge in [0.15, 0.2) is 5.76 Å². The molecule has 162 valence electrons. The van der Waals surface area contributed by atoms with E-state index >= 15 is 0 Å². The van der Waals surface area contributed by atoms with Gasteiger partial charge >= 0.3 is 5.97 Å². The van der Waals surface area contributed by atoms with Gasteiger partial charge in [-0.1, -0.05) is 65.3 Å². The fraction of sp³-hybridized carbons (Fsp3) is 0.0833. The lowest BCUT2D eigenvalue weighted by Crippen LogP contribution is -2.12. The Balaban J connectivity index is 2.21. The van der Waals surface area contributed by atoms with Crippen molar-refractivity contribution in [1.82, 2.24) is 0 Å². The first-order valence-corrected chi connectivity index (χ1v) is 13.1. The monoisotopic (exact) mass is 501 g/mol. The lowest BCUT2D eigenvalue weighted by atomic mass is 10.1. The Morgan fingerprint density at radius 1 is 0.938 bits per heavy atom. The molecule has 0 aliphatic heterocycles. The Morgan fingerprint density at radius 2 is 1.47 bits per heavy atom. The van der Waals surface area contributed by atoms with E-state index in [1.165, 1.54) is 0 Å². The molecule has 0 saturated heterocycles. The summed E-state index contributed by atoms with van der Waals surface area (Å²) in [6.07, 6.45) is -3.05. The zero-order valence-electron chi connectivity index (χ0n) is 17.0. The number of rotatable bonds is 7. The van der Waals surface area contributed by atoms with E-state index in [1.54, 1.807) is 55.5 Å². The summed E-state index contributed by atoms with van der Waals surface area (Å²) in [5.74, 6) is -0.602. The number of benzene rings is 3. The maximum atomic E-state index is 13.0. The Bertz CT molecular complexity index is 1220. The van der Waals surface area contributed by atoms with Crippen LogP contribution in [0.3, 0.4) is 0 Å². The van der Waals surface area contributed by atoms with Crippen molar-refractivity contribution in [3.05, 3.63) is 105 Å². The van der Waals surface area contributed by atoms with Gasteiger partial charge < -0.3 is 9.26 Å². The molecule has 3 aromatic rings. The van der Waals surface area contributed by atoms with Gasteiger partial charge in [0.05, 0.1) is 5.56 Å². The number of allylic oxidation sites excluding steroid dienone is 1. The highest BCUT2D eigenvalue weighted by molar-refractivity contribution is 8.18.